The molecule has 0 bridgehead atoms. The number of hydrogen-bond donors (Lipinski definition) is 1. The average molecular weight is 640 g/mol. The number of nitrogens with zero attached hydrogens (tertiary/aromatic N) is 2. The van der Waals surface area contributed by atoms with E-state index in [1.165, 1.54) is 0 Å². The number of carbonyl (C=O) groups is 3. The number of benzene rings is 2. The molecule has 4 rings (SSSR count). The van der Waals surface area contributed by atoms with Gasteiger partial charge >= 0.3 is 6.09 Å². The predicted octanol–water partition coefficient (Wildman–Crippen LogP) is 4.73. The third kappa shape index (κ3) is 7.36. The van der Waals surface area contributed by atoms with E-state index in [-0.39, 0.29) is 30.8 Å². The number of nitrogens with one attached hydrogen (secondary N) is 1. The van der Waals surface area contributed by atoms with E-state index in [1.54, 1.807) is 15.9 Å². The summed E-state index contributed by atoms with van der Waals surface area (Å²) in [6, 6.07) is 14.6. The van der Waals surface area contributed by atoms with Gasteiger partial charge in [0.1, 0.15) is 11.7 Å². The molecular formula is C27H31ClIN3O5. The van der Waals surface area contributed by atoms with Crippen molar-refractivity contribution < 1.29 is 23.9 Å². The minimum absolute atomic E-state index is 0.117. The van der Waals surface area contributed by atoms with E-state index in [0.717, 1.165) is 9.13 Å². The Morgan fingerprint density at radius 3 is 2.57 bits per heavy atom. The van der Waals surface area contributed by atoms with E-state index in [0.29, 0.717) is 30.2 Å². The van der Waals surface area contributed by atoms with Gasteiger partial charge in [-0.2, -0.15) is 0 Å². The minimum atomic E-state index is -0.942. The van der Waals surface area contributed by atoms with Crippen molar-refractivity contribution in [3.05, 3.63) is 62.7 Å². The molecule has 0 saturated carbocycles. The van der Waals surface area contributed by atoms with E-state index in [1.807, 2.05) is 63.2 Å². The zero-order chi connectivity index (χ0) is 26.7. The monoisotopic (exact) mass is 639 g/mol. The number of likely N-dealkylation sites (tertiary alicyclic amines) is 1. The first-order chi connectivity index (χ1) is 17.5. The highest BCUT2D eigenvalue weighted by molar-refractivity contribution is 14.1. The van der Waals surface area contributed by atoms with Crippen molar-refractivity contribution in [2.24, 2.45) is 0 Å². The molecule has 37 heavy (non-hydrogen) atoms. The molecule has 0 spiro atoms. The van der Waals surface area contributed by atoms with Gasteiger partial charge in [0.2, 0.25) is 5.91 Å². The van der Waals surface area contributed by atoms with Gasteiger partial charge in [0.25, 0.3) is 5.91 Å². The minimum Gasteiger partial charge on any atom is -0.444 e. The van der Waals surface area contributed by atoms with Gasteiger partial charge in [-0.1, -0.05) is 23.7 Å². The van der Waals surface area contributed by atoms with Gasteiger partial charge in [0.15, 0.2) is 0 Å². The van der Waals surface area contributed by atoms with Crippen LogP contribution < -0.4 is 5.32 Å². The molecule has 2 fully saturated rings. The van der Waals surface area contributed by atoms with E-state index in [4.69, 9.17) is 21.1 Å². The lowest BCUT2D eigenvalue weighted by Gasteiger charge is -2.40. The molecule has 2 aromatic carbocycles. The van der Waals surface area contributed by atoms with Crippen LogP contribution in [0, 0.1) is 3.57 Å². The number of rotatable bonds is 6. The van der Waals surface area contributed by atoms with E-state index in [2.05, 4.69) is 27.9 Å². The highest BCUT2D eigenvalue weighted by Gasteiger charge is 2.49. The SMILES string of the molecule is CC(C)(C)OC(=O)N1CC2OC(CC(=O)Nc3ccc(I)cc3)C(=O)N(CCc3cccc(Cl)c3)C2C1. The number of ether oxygens (including phenoxy) is 2. The molecule has 2 aliphatic heterocycles. The number of amides is 3. The second-order valence-electron chi connectivity index (χ2n) is 10.3. The van der Waals surface area contributed by atoms with Gasteiger partial charge in [-0.25, -0.2) is 4.79 Å². The first-order valence-corrected chi connectivity index (χ1v) is 13.7. The maximum absolute atomic E-state index is 13.6. The summed E-state index contributed by atoms with van der Waals surface area (Å²) in [6.45, 7) is 6.45. The van der Waals surface area contributed by atoms with Gasteiger partial charge in [0.05, 0.1) is 25.1 Å². The summed E-state index contributed by atoms with van der Waals surface area (Å²) >= 11 is 8.34. The average Bonchev–Trinajstić information content (AvgIpc) is 3.23. The lowest BCUT2D eigenvalue weighted by molar-refractivity contribution is -0.168. The van der Waals surface area contributed by atoms with E-state index < -0.39 is 23.9 Å². The molecule has 3 unspecified atom stereocenters. The standard InChI is InChI=1S/C27H31ClIN3O5/c1-27(2,3)37-26(35)31-15-21-23(16-31)36-22(14-24(33)30-20-9-7-19(29)8-10-20)25(34)32(21)12-11-17-5-4-6-18(28)13-17/h4-10,13,21-23H,11-12,14-16H2,1-3H3,(H,30,33). The molecule has 8 nitrogen and oxygen atoms in total. The molecule has 3 atom stereocenters. The summed E-state index contributed by atoms with van der Waals surface area (Å²) < 4.78 is 12.7. The van der Waals surface area contributed by atoms with Crippen molar-refractivity contribution in [2.75, 3.05) is 25.0 Å². The molecule has 1 N–H and O–H groups in total. The van der Waals surface area contributed by atoms with Gasteiger partial charge in [0, 0.05) is 27.4 Å². The molecule has 2 aliphatic rings. The fourth-order valence-corrected chi connectivity index (χ4v) is 5.12. The zero-order valence-electron chi connectivity index (χ0n) is 21.1. The largest absolute Gasteiger partial charge is 0.444 e. The Hall–Kier alpha value is -2.37. The zero-order valence-corrected chi connectivity index (χ0v) is 24.0. The molecule has 2 heterocycles. The van der Waals surface area contributed by atoms with Crippen LogP contribution in [0.3, 0.4) is 0 Å². The smallest absolute Gasteiger partial charge is 0.410 e. The maximum Gasteiger partial charge on any atom is 0.410 e. The van der Waals surface area contributed by atoms with E-state index in [9.17, 15) is 14.4 Å². The summed E-state index contributed by atoms with van der Waals surface area (Å²) in [5.74, 6) is -0.568. The highest BCUT2D eigenvalue weighted by Crippen LogP contribution is 2.29. The van der Waals surface area contributed by atoms with Crippen molar-refractivity contribution in [1.82, 2.24) is 9.80 Å². The Kier molecular flexibility index (Phi) is 8.65. The van der Waals surface area contributed by atoms with Gasteiger partial charge in [-0.3, -0.25) is 9.59 Å². The van der Waals surface area contributed by atoms with Crippen LogP contribution in [0.25, 0.3) is 0 Å². The van der Waals surface area contributed by atoms with Crippen LogP contribution in [0.5, 0.6) is 0 Å². The molecule has 0 aromatic heterocycles. The topological polar surface area (TPSA) is 88.2 Å². The van der Waals surface area contributed by atoms with Crippen LogP contribution in [-0.4, -0.2) is 71.2 Å². The lowest BCUT2D eigenvalue weighted by Crippen LogP contribution is -2.59. The molecular weight excluding hydrogens is 609 g/mol. The Morgan fingerprint density at radius 1 is 1.16 bits per heavy atom. The molecule has 3 amide bonds. The molecule has 198 valence electrons. The number of morpholine rings is 1. The first kappa shape index (κ1) is 27.7. The van der Waals surface area contributed by atoms with Crippen LogP contribution >= 0.6 is 34.2 Å². The van der Waals surface area contributed by atoms with E-state index >= 15 is 0 Å². The molecule has 2 saturated heterocycles. The normalized spacial score (nSPS) is 21.5. The fourth-order valence-electron chi connectivity index (χ4n) is 4.55. The number of anilines is 1. The van der Waals surface area contributed by atoms with Crippen molar-refractivity contribution >= 4 is 57.8 Å². The highest BCUT2D eigenvalue weighted by atomic mass is 127. The Bertz CT molecular complexity index is 1150. The lowest BCUT2D eigenvalue weighted by atomic mass is 10.0. The van der Waals surface area contributed by atoms with Crippen LogP contribution in [0.4, 0.5) is 10.5 Å². The second-order valence-corrected chi connectivity index (χ2v) is 12.0. The summed E-state index contributed by atoms with van der Waals surface area (Å²) in [4.78, 5) is 42.4. The van der Waals surface area contributed by atoms with Gasteiger partial charge < -0.3 is 24.6 Å². The number of fused-ring (bicyclic) bond motifs is 1. The van der Waals surface area contributed by atoms with Crippen LogP contribution in [0.1, 0.15) is 32.8 Å². The Labute approximate surface area is 235 Å². The van der Waals surface area contributed by atoms with Crippen LogP contribution in [0.15, 0.2) is 48.5 Å². The summed E-state index contributed by atoms with van der Waals surface area (Å²) in [6.07, 6.45) is -1.33. The summed E-state index contributed by atoms with van der Waals surface area (Å²) in [5, 5.41) is 3.47. The van der Waals surface area contributed by atoms with Gasteiger partial charge in [-0.15, -0.1) is 0 Å². The summed E-state index contributed by atoms with van der Waals surface area (Å²) in [7, 11) is 0. The number of carbonyl (C=O) groups excluding carboxylic acids is 3. The second kappa shape index (κ2) is 11.6. The molecule has 0 radical (unpaired) electrons. The molecule has 10 heteroatoms. The molecule has 2 aromatic rings. The van der Waals surface area contributed by atoms with Crippen molar-refractivity contribution in [2.45, 2.75) is 57.5 Å². The predicted molar refractivity (Wildman–Crippen MR) is 150 cm³/mol. The molecule has 0 aliphatic carbocycles. The third-order valence-electron chi connectivity index (χ3n) is 6.22. The quantitative estimate of drug-likeness (QED) is 0.462. The Balaban J connectivity index is 1.49. The van der Waals surface area contributed by atoms with Crippen LogP contribution in [0.2, 0.25) is 5.02 Å². The van der Waals surface area contributed by atoms with Gasteiger partial charge in [-0.05, 0) is 91.7 Å². The van der Waals surface area contributed by atoms with Crippen molar-refractivity contribution in [3.8, 4) is 0 Å². The van der Waals surface area contributed by atoms with Crippen molar-refractivity contribution in [3.63, 3.8) is 0 Å². The number of halogens is 2. The van der Waals surface area contributed by atoms with Crippen molar-refractivity contribution in [1.29, 1.82) is 0 Å². The third-order valence-corrected chi connectivity index (χ3v) is 7.17. The maximum atomic E-state index is 13.6. The summed E-state index contributed by atoms with van der Waals surface area (Å²) in [5.41, 5.74) is 1.02. The number of hydrogen-bond acceptors (Lipinski definition) is 5. The Morgan fingerprint density at radius 2 is 1.89 bits per heavy atom. The first-order valence-electron chi connectivity index (χ1n) is 12.2. The fraction of sp³-hybridized carbons (Fsp3) is 0.444. The van der Waals surface area contributed by atoms with Crippen LogP contribution in [-0.2, 0) is 25.5 Å².